The van der Waals surface area contributed by atoms with E-state index in [9.17, 15) is 0 Å². The van der Waals surface area contributed by atoms with Gasteiger partial charge in [-0.25, -0.2) is 0 Å². The zero-order chi connectivity index (χ0) is 31.5. The molecule has 0 spiro atoms. The van der Waals surface area contributed by atoms with Crippen LogP contribution in [-0.2, 0) is 0 Å². The zero-order valence-corrected chi connectivity index (χ0v) is 26.1. The number of benzene rings is 5. The number of nitrogens with zero attached hydrogens (tertiary/aromatic N) is 2. The maximum atomic E-state index is 7.14. The quantitative estimate of drug-likeness (QED) is 0.189. The first-order valence-corrected chi connectivity index (χ1v) is 15.9. The van der Waals surface area contributed by atoms with Crippen LogP contribution in [0.15, 0.2) is 140 Å². The van der Waals surface area contributed by atoms with E-state index < -0.39 is 0 Å². The highest BCUT2D eigenvalue weighted by atomic mass is 16.5. The number of aromatic nitrogens is 2. The van der Waals surface area contributed by atoms with E-state index in [-0.39, 0.29) is 6.71 Å². The van der Waals surface area contributed by atoms with E-state index in [1.807, 2.05) is 36.7 Å². The number of fused-ring (bicyclic) bond motifs is 4. The molecule has 0 saturated heterocycles. The minimum atomic E-state index is -0.145. The summed E-state index contributed by atoms with van der Waals surface area (Å²) in [6.45, 7) is 4.04. The fourth-order valence-corrected chi connectivity index (χ4v) is 7.06. The van der Waals surface area contributed by atoms with Crippen LogP contribution in [0.25, 0.3) is 44.8 Å². The predicted octanol–water partition coefficient (Wildman–Crippen LogP) is 8.49. The molecule has 5 aromatic carbocycles. The Morgan fingerprint density at radius 2 is 0.915 bits per heavy atom. The van der Waals surface area contributed by atoms with Crippen molar-refractivity contribution in [2.75, 3.05) is 0 Å². The van der Waals surface area contributed by atoms with Crippen molar-refractivity contribution in [2.45, 2.75) is 13.8 Å². The summed E-state index contributed by atoms with van der Waals surface area (Å²) in [7, 11) is 0. The summed E-state index contributed by atoms with van der Waals surface area (Å²) in [5, 5.41) is 0. The Kier molecular flexibility index (Phi) is 6.32. The third kappa shape index (κ3) is 4.46. The maximum Gasteiger partial charge on any atom is 0.260 e. The Balaban J connectivity index is 1.41. The molecule has 0 atom stereocenters. The Morgan fingerprint density at radius 3 is 1.36 bits per heavy atom. The van der Waals surface area contributed by atoms with Gasteiger partial charge in [0.2, 0.25) is 0 Å². The van der Waals surface area contributed by atoms with Crippen LogP contribution in [0.1, 0.15) is 11.1 Å². The van der Waals surface area contributed by atoms with Crippen molar-refractivity contribution in [3.63, 3.8) is 0 Å². The van der Waals surface area contributed by atoms with Crippen LogP contribution in [-0.4, -0.2) is 16.7 Å². The molecular weight excluding hydrogens is 575 g/mol. The second-order valence-corrected chi connectivity index (χ2v) is 12.3. The molecule has 5 heteroatoms. The van der Waals surface area contributed by atoms with Gasteiger partial charge in [0.25, 0.3) is 6.71 Å². The molecule has 0 amide bonds. The molecule has 7 aromatic rings. The number of pyridine rings is 2. The van der Waals surface area contributed by atoms with Crippen molar-refractivity contribution in [3.05, 3.63) is 151 Å². The SMILES string of the molecule is Cc1ccnc(-c2cc(-c3cc(C)ccn3)c3c4c2Oc2c(cccc2-c2ccccc2)B4c2cccc(-c4ccccc4)c2O3)c1. The molecule has 2 aliphatic heterocycles. The number of aryl methyl sites for hydroxylation is 2. The fourth-order valence-electron chi connectivity index (χ4n) is 7.06. The average Bonchev–Trinajstić information content (AvgIpc) is 3.12. The maximum absolute atomic E-state index is 7.14. The van der Waals surface area contributed by atoms with Crippen molar-refractivity contribution in [1.82, 2.24) is 9.97 Å². The molecule has 0 fully saturated rings. The first kappa shape index (κ1) is 27.4. The van der Waals surface area contributed by atoms with E-state index in [1.165, 1.54) is 0 Å². The van der Waals surface area contributed by atoms with Gasteiger partial charge >= 0.3 is 0 Å². The van der Waals surface area contributed by atoms with Gasteiger partial charge in [0.05, 0.1) is 11.4 Å². The van der Waals surface area contributed by atoms with Crippen LogP contribution in [0.3, 0.4) is 0 Å². The lowest BCUT2D eigenvalue weighted by Crippen LogP contribution is -2.57. The normalized spacial score (nSPS) is 12.3. The van der Waals surface area contributed by atoms with Gasteiger partial charge in [0.1, 0.15) is 23.0 Å². The summed E-state index contributed by atoms with van der Waals surface area (Å²) in [6, 6.07) is 44.3. The Morgan fingerprint density at radius 1 is 0.447 bits per heavy atom. The highest BCUT2D eigenvalue weighted by molar-refractivity contribution is 6.98. The standard InChI is InChI=1S/C42H29BN2O2/c1-26-19-21-44-36(23-26)32-25-33(37-24-27(2)20-22-45-37)42-38-41(32)46-39-30(28-11-5-3-6-12-28)15-9-17-34(39)43(38)35-18-10-16-31(40(35)47-42)29-13-7-4-8-14-29/h3-25H,1-2H3. The summed E-state index contributed by atoms with van der Waals surface area (Å²) in [6.07, 6.45) is 3.73. The lowest BCUT2D eigenvalue weighted by molar-refractivity contribution is 0.468. The monoisotopic (exact) mass is 604 g/mol. The Labute approximate surface area is 274 Å². The molecule has 2 aromatic heterocycles. The smallest absolute Gasteiger partial charge is 0.260 e. The van der Waals surface area contributed by atoms with Gasteiger partial charge in [0, 0.05) is 40.1 Å². The highest BCUT2D eigenvalue weighted by Crippen LogP contribution is 2.48. The third-order valence-electron chi connectivity index (χ3n) is 9.23. The molecule has 0 N–H and O–H groups in total. The van der Waals surface area contributed by atoms with Crippen LogP contribution in [0, 0.1) is 13.8 Å². The van der Waals surface area contributed by atoms with Crippen LogP contribution < -0.4 is 25.9 Å². The summed E-state index contributed by atoms with van der Waals surface area (Å²) in [5.41, 5.74) is 13.3. The summed E-state index contributed by atoms with van der Waals surface area (Å²) >= 11 is 0. The van der Waals surface area contributed by atoms with E-state index in [2.05, 4.69) is 117 Å². The first-order chi connectivity index (χ1) is 23.1. The minimum absolute atomic E-state index is 0.145. The second-order valence-electron chi connectivity index (χ2n) is 12.3. The fraction of sp³-hybridized carbons (Fsp3) is 0.0476. The molecule has 0 radical (unpaired) electrons. The molecule has 0 unspecified atom stereocenters. The van der Waals surface area contributed by atoms with Gasteiger partial charge in [-0.1, -0.05) is 97.1 Å². The molecule has 9 rings (SSSR count). The predicted molar refractivity (Wildman–Crippen MR) is 191 cm³/mol. The van der Waals surface area contributed by atoms with Crippen LogP contribution >= 0.6 is 0 Å². The van der Waals surface area contributed by atoms with Gasteiger partial charge in [-0.05, 0) is 77.4 Å². The number of para-hydroxylation sites is 2. The molecule has 222 valence electrons. The van der Waals surface area contributed by atoms with Crippen molar-refractivity contribution in [1.29, 1.82) is 0 Å². The van der Waals surface area contributed by atoms with Crippen LogP contribution in [0.4, 0.5) is 0 Å². The van der Waals surface area contributed by atoms with Gasteiger partial charge in [-0.2, -0.15) is 0 Å². The number of rotatable bonds is 4. The number of hydrogen-bond donors (Lipinski definition) is 0. The first-order valence-electron chi connectivity index (χ1n) is 15.9. The Bertz CT molecular complexity index is 2180. The molecule has 0 saturated carbocycles. The molecule has 0 aliphatic carbocycles. The second kappa shape index (κ2) is 10.9. The molecule has 2 aliphatic rings. The molecule has 0 bridgehead atoms. The topological polar surface area (TPSA) is 44.2 Å². The van der Waals surface area contributed by atoms with Crippen molar-refractivity contribution in [2.24, 2.45) is 0 Å². The average molecular weight is 605 g/mol. The summed E-state index contributed by atoms with van der Waals surface area (Å²) in [4.78, 5) is 9.72. The van der Waals surface area contributed by atoms with Crippen molar-refractivity contribution in [3.8, 4) is 67.8 Å². The molecule has 4 heterocycles. The lowest BCUT2D eigenvalue weighted by atomic mass is 9.34. The number of ether oxygens (including phenoxy) is 2. The van der Waals surface area contributed by atoms with E-state index >= 15 is 0 Å². The van der Waals surface area contributed by atoms with Crippen molar-refractivity contribution >= 4 is 23.1 Å². The molecular formula is C42H29BN2O2. The van der Waals surface area contributed by atoms with E-state index in [1.54, 1.807) is 0 Å². The van der Waals surface area contributed by atoms with Crippen LogP contribution in [0.5, 0.6) is 23.0 Å². The zero-order valence-electron chi connectivity index (χ0n) is 26.1. The third-order valence-corrected chi connectivity index (χ3v) is 9.23. The van der Waals surface area contributed by atoms with Gasteiger partial charge in [0.15, 0.2) is 0 Å². The van der Waals surface area contributed by atoms with Gasteiger partial charge in [-0.3, -0.25) is 9.97 Å². The lowest BCUT2D eigenvalue weighted by Gasteiger charge is -2.36. The van der Waals surface area contributed by atoms with Crippen LogP contribution in [0.2, 0.25) is 0 Å². The largest absolute Gasteiger partial charge is 0.457 e. The van der Waals surface area contributed by atoms with E-state index in [0.29, 0.717) is 0 Å². The van der Waals surface area contributed by atoms with Gasteiger partial charge in [-0.15, -0.1) is 0 Å². The highest BCUT2D eigenvalue weighted by Gasteiger charge is 2.44. The van der Waals surface area contributed by atoms with E-state index in [4.69, 9.17) is 19.4 Å². The van der Waals surface area contributed by atoms with E-state index in [0.717, 1.165) is 95.3 Å². The summed E-state index contributed by atoms with van der Waals surface area (Å²) < 4.78 is 14.3. The van der Waals surface area contributed by atoms with Gasteiger partial charge < -0.3 is 9.47 Å². The van der Waals surface area contributed by atoms with Crippen molar-refractivity contribution < 1.29 is 9.47 Å². The summed E-state index contributed by atoms with van der Waals surface area (Å²) in [5.74, 6) is 3.25. The Hall–Kier alpha value is -5.94. The molecule has 47 heavy (non-hydrogen) atoms. The number of hydrogen-bond acceptors (Lipinski definition) is 4. The minimum Gasteiger partial charge on any atom is -0.457 e. The molecule has 4 nitrogen and oxygen atoms in total.